The Balaban J connectivity index is 1.46. The third-order valence-corrected chi connectivity index (χ3v) is 6.57. The van der Waals surface area contributed by atoms with Crippen molar-refractivity contribution in [2.24, 2.45) is 4.99 Å². The molecular formula is C15H17N9O2S2. The lowest BCUT2D eigenvalue weighted by atomic mass is 10.0. The minimum atomic E-state index is -0.605. The first-order valence-corrected chi connectivity index (χ1v) is 10.3. The van der Waals surface area contributed by atoms with Gasteiger partial charge in [-0.3, -0.25) is 19.5 Å². The Morgan fingerprint density at radius 3 is 2.96 bits per heavy atom. The number of hydrogen-bond donors (Lipinski definition) is 2. The standard InChI is InChI=1S/C15H17N9O2S2/c1-7-8(3-23-19-6-18-22-23)4-27-14-11(13(26)24(7)14)21-12(25)10(17-2)9-5-28-15(16)20-9/h5-6,11,14H,3-4H2,1-2H3,(H2,16,20)(H,21,25). The molecule has 2 amide bonds. The van der Waals surface area contributed by atoms with Crippen LogP contribution in [0.25, 0.3) is 0 Å². The number of carbonyl (C=O) groups is 2. The molecule has 2 aromatic rings. The number of rotatable bonds is 5. The van der Waals surface area contributed by atoms with Crippen molar-refractivity contribution < 1.29 is 9.59 Å². The van der Waals surface area contributed by atoms with Gasteiger partial charge in [-0.1, -0.05) is 0 Å². The van der Waals surface area contributed by atoms with E-state index in [1.807, 2.05) is 6.92 Å². The lowest BCUT2D eigenvalue weighted by molar-refractivity contribution is -0.145. The number of nitrogen functional groups attached to an aromatic ring is 1. The van der Waals surface area contributed by atoms with E-state index in [2.05, 4.69) is 30.7 Å². The van der Waals surface area contributed by atoms with Crippen molar-refractivity contribution in [3.63, 3.8) is 0 Å². The maximum absolute atomic E-state index is 12.7. The number of aromatic nitrogens is 5. The van der Waals surface area contributed by atoms with Gasteiger partial charge in [-0.2, -0.15) is 4.80 Å². The Morgan fingerprint density at radius 2 is 2.32 bits per heavy atom. The number of allylic oxidation sites excluding steroid dienone is 1. The van der Waals surface area contributed by atoms with Gasteiger partial charge in [0.05, 0.1) is 6.54 Å². The van der Waals surface area contributed by atoms with E-state index in [1.54, 1.807) is 22.0 Å². The minimum absolute atomic E-state index is 0.150. The summed E-state index contributed by atoms with van der Waals surface area (Å²) < 4.78 is 0. The summed E-state index contributed by atoms with van der Waals surface area (Å²) in [6.07, 6.45) is 1.37. The van der Waals surface area contributed by atoms with Crippen LogP contribution in [0, 0.1) is 0 Å². The zero-order valence-corrected chi connectivity index (χ0v) is 16.7. The van der Waals surface area contributed by atoms with Gasteiger partial charge < -0.3 is 11.1 Å². The summed E-state index contributed by atoms with van der Waals surface area (Å²) in [5.74, 6) is 0.122. The lowest BCUT2D eigenvalue weighted by Gasteiger charge is -2.50. The van der Waals surface area contributed by atoms with E-state index in [4.69, 9.17) is 5.73 Å². The first-order valence-electron chi connectivity index (χ1n) is 8.32. The lowest BCUT2D eigenvalue weighted by Crippen LogP contribution is -2.70. The van der Waals surface area contributed by atoms with Crippen molar-refractivity contribution in [1.82, 2.24) is 35.4 Å². The summed E-state index contributed by atoms with van der Waals surface area (Å²) in [4.78, 5) is 36.6. The van der Waals surface area contributed by atoms with Crippen LogP contribution in [0.1, 0.15) is 12.6 Å². The molecule has 0 radical (unpaired) electrons. The number of nitrogens with one attached hydrogen (secondary N) is 1. The molecule has 11 nitrogen and oxygen atoms in total. The molecule has 28 heavy (non-hydrogen) atoms. The van der Waals surface area contributed by atoms with Crippen LogP contribution < -0.4 is 11.1 Å². The van der Waals surface area contributed by atoms with E-state index in [0.29, 0.717) is 23.1 Å². The SMILES string of the molecule is CN=C(C(=O)NC1C(=O)N2C(C)=C(Cn3ncnn3)CSC12)c1csc(N)n1. The summed E-state index contributed by atoms with van der Waals surface area (Å²) in [5, 5.41) is 16.2. The van der Waals surface area contributed by atoms with E-state index >= 15 is 0 Å². The van der Waals surface area contributed by atoms with Gasteiger partial charge in [0.2, 0.25) is 0 Å². The molecule has 1 fully saturated rings. The van der Waals surface area contributed by atoms with Gasteiger partial charge in [0, 0.05) is 23.9 Å². The predicted octanol–water partition coefficient (Wildman–Crippen LogP) is -0.495. The zero-order valence-electron chi connectivity index (χ0n) is 15.1. The molecule has 0 bridgehead atoms. The molecule has 3 N–H and O–H groups in total. The zero-order chi connectivity index (χ0) is 19.8. The average Bonchev–Trinajstić information content (AvgIpc) is 3.33. The highest BCUT2D eigenvalue weighted by molar-refractivity contribution is 8.00. The van der Waals surface area contributed by atoms with Crippen molar-refractivity contribution in [1.29, 1.82) is 0 Å². The Kier molecular flexibility index (Phi) is 4.85. The molecular weight excluding hydrogens is 402 g/mol. The van der Waals surface area contributed by atoms with Crippen LogP contribution in [0.3, 0.4) is 0 Å². The van der Waals surface area contributed by atoms with E-state index < -0.39 is 11.9 Å². The largest absolute Gasteiger partial charge is 0.375 e. The Morgan fingerprint density at radius 1 is 1.50 bits per heavy atom. The van der Waals surface area contributed by atoms with Crippen molar-refractivity contribution in [3.8, 4) is 0 Å². The second kappa shape index (κ2) is 7.31. The summed E-state index contributed by atoms with van der Waals surface area (Å²) in [7, 11) is 1.51. The van der Waals surface area contributed by atoms with Crippen molar-refractivity contribution >= 4 is 45.8 Å². The molecule has 146 valence electrons. The number of carbonyl (C=O) groups excluding carboxylic acids is 2. The molecule has 0 aliphatic carbocycles. The maximum atomic E-state index is 12.7. The minimum Gasteiger partial charge on any atom is -0.375 e. The van der Waals surface area contributed by atoms with Crippen molar-refractivity contribution in [3.05, 3.63) is 28.7 Å². The molecule has 0 saturated carbocycles. The second-order valence-corrected chi connectivity index (χ2v) is 8.15. The van der Waals surface area contributed by atoms with Crippen LogP contribution in [0.4, 0.5) is 5.13 Å². The fraction of sp³-hybridized carbons (Fsp3) is 0.400. The molecule has 2 atom stereocenters. The van der Waals surface area contributed by atoms with Crippen LogP contribution >= 0.6 is 23.1 Å². The number of amides is 2. The first-order chi connectivity index (χ1) is 13.5. The van der Waals surface area contributed by atoms with Crippen LogP contribution in [0.15, 0.2) is 28.0 Å². The topological polar surface area (TPSA) is 144 Å². The number of thioether (sulfide) groups is 1. The van der Waals surface area contributed by atoms with Gasteiger partial charge >= 0.3 is 0 Å². The molecule has 2 unspecified atom stereocenters. The molecule has 0 aromatic carbocycles. The number of nitrogens with zero attached hydrogens (tertiary/aromatic N) is 7. The number of anilines is 1. The fourth-order valence-electron chi connectivity index (χ4n) is 3.11. The number of fused-ring (bicyclic) bond motifs is 1. The highest BCUT2D eigenvalue weighted by atomic mass is 32.2. The Labute approximate surface area is 168 Å². The summed E-state index contributed by atoms with van der Waals surface area (Å²) >= 11 is 2.82. The van der Waals surface area contributed by atoms with Gasteiger partial charge in [0.25, 0.3) is 11.8 Å². The van der Waals surface area contributed by atoms with E-state index in [0.717, 1.165) is 11.3 Å². The summed E-state index contributed by atoms with van der Waals surface area (Å²) in [6, 6.07) is -0.605. The van der Waals surface area contributed by atoms with Gasteiger partial charge in [-0.05, 0) is 17.7 Å². The van der Waals surface area contributed by atoms with E-state index in [-0.39, 0.29) is 17.0 Å². The number of tetrazole rings is 1. The van der Waals surface area contributed by atoms with E-state index in [1.165, 1.54) is 29.5 Å². The monoisotopic (exact) mass is 419 g/mol. The van der Waals surface area contributed by atoms with Crippen LogP contribution in [-0.2, 0) is 16.1 Å². The third-order valence-electron chi connectivity index (χ3n) is 4.56. The fourth-order valence-corrected chi connectivity index (χ4v) is 5.12. The van der Waals surface area contributed by atoms with Crippen LogP contribution in [0.2, 0.25) is 0 Å². The Bertz CT molecular complexity index is 982. The first kappa shape index (κ1) is 18.6. The molecule has 13 heteroatoms. The number of hydrogen-bond acceptors (Lipinski definition) is 10. The normalized spacial score (nSPS) is 22.1. The maximum Gasteiger partial charge on any atom is 0.272 e. The Hall–Kier alpha value is -2.80. The number of thiazole rings is 1. The third kappa shape index (κ3) is 3.16. The van der Waals surface area contributed by atoms with Crippen LogP contribution in [0.5, 0.6) is 0 Å². The van der Waals surface area contributed by atoms with Gasteiger partial charge in [-0.15, -0.1) is 33.3 Å². The second-order valence-electron chi connectivity index (χ2n) is 6.16. The van der Waals surface area contributed by atoms with Crippen LogP contribution in [-0.4, -0.2) is 71.8 Å². The number of nitrogens with two attached hydrogens (primary N) is 1. The summed E-state index contributed by atoms with van der Waals surface area (Å²) in [6.45, 7) is 2.37. The molecule has 4 heterocycles. The quantitative estimate of drug-likeness (QED) is 0.488. The van der Waals surface area contributed by atoms with Gasteiger partial charge in [0.15, 0.2) is 11.5 Å². The predicted molar refractivity (Wildman–Crippen MR) is 105 cm³/mol. The molecule has 2 aliphatic heterocycles. The van der Waals surface area contributed by atoms with Gasteiger partial charge in [-0.25, -0.2) is 4.98 Å². The van der Waals surface area contributed by atoms with Crippen molar-refractivity contribution in [2.45, 2.75) is 24.9 Å². The molecule has 2 aliphatic rings. The molecule has 1 saturated heterocycles. The summed E-state index contributed by atoms with van der Waals surface area (Å²) in [5.41, 5.74) is 8.11. The highest BCUT2D eigenvalue weighted by Gasteiger charge is 2.51. The molecule has 0 spiro atoms. The average molecular weight is 419 g/mol. The molecule has 4 rings (SSSR count). The van der Waals surface area contributed by atoms with Gasteiger partial charge in [0.1, 0.15) is 22.8 Å². The molecule has 2 aromatic heterocycles. The smallest absolute Gasteiger partial charge is 0.272 e. The highest BCUT2D eigenvalue weighted by Crippen LogP contribution is 2.40. The number of β-lactam (4-membered cyclic amide) rings is 1. The van der Waals surface area contributed by atoms with E-state index in [9.17, 15) is 9.59 Å². The van der Waals surface area contributed by atoms with Crippen molar-refractivity contribution in [2.75, 3.05) is 18.5 Å². The number of aliphatic imine (C=N–C) groups is 1.